The van der Waals surface area contributed by atoms with Crippen LogP contribution in [0.5, 0.6) is 0 Å². The van der Waals surface area contributed by atoms with Gasteiger partial charge in [0.05, 0.1) is 5.75 Å². The standard InChI is InChI=1S/C55H44N2O3S2/c1-37-11-10-16-45(31-37)50(43-12-6-4-7-13-43)33-40-18-25-47(26-19-40)57(49-29-22-42(23-30-49)35-52-54(60)62-55(56-52)61-36-53(58)59)48-27-20-41(21-28-48)34-51(44-14-8-5-9-15-44)46-24-17-38(2)39(3)32-46/h4-35H,36H2,1-3H3,(H,58,59)/b50-33+,51-34+,52-35-. The van der Waals surface area contributed by atoms with Crippen molar-refractivity contribution in [3.63, 3.8) is 0 Å². The number of carboxylic acid groups (broad SMARTS) is 1. The fourth-order valence-corrected chi connectivity index (χ4v) is 8.86. The van der Waals surface area contributed by atoms with Crippen molar-refractivity contribution >= 4 is 85.4 Å². The zero-order chi connectivity index (χ0) is 43.0. The lowest BCUT2D eigenvalue weighted by Gasteiger charge is -2.26. The van der Waals surface area contributed by atoms with E-state index in [1.165, 1.54) is 22.3 Å². The van der Waals surface area contributed by atoms with Gasteiger partial charge in [-0.1, -0.05) is 157 Å². The van der Waals surface area contributed by atoms with Crippen LogP contribution in [0, 0.1) is 20.8 Å². The van der Waals surface area contributed by atoms with Crippen LogP contribution < -0.4 is 4.90 Å². The number of carbonyl (C=O) groups is 2. The summed E-state index contributed by atoms with van der Waals surface area (Å²) in [6.45, 7) is 6.42. The Bertz CT molecular complexity index is 2860. The lowest BCUT2D eigenvalue weighted by Crippen LogP contribution is -2.10. The molecular formula is C55H44N2O3S2. The Morgan fingerprint density at radius 3 is 1.58 bits per heavy atom. The van der Waals surface area contributed by atoms with Crippen LogP contribution >= 0.6 is 23.5 Å². The van der Waals surface area contributed by atoms with Crippen molar-refractivity contribution in [2.75, 3.05) is 10.7 Å². The Morgan fingerprint density at radius 1 is 0.581 bits per heavy atom. The molecule has 0 saturated heterocycles. The first-order valence-electron chi connectivity index (χ1n) is 20.3. The molecule has 5 nitrogen and oxygen atoms in total. The predicted octanol–water partition coefficient (Wildman–Crippen LogP) is 14.0. The Hall–Kier alpha value is -6.93. The number of nitrogens with zero attached hydrogens (tertiary/aromatic N) is 2. The van der Waals surface area contributed by atoms with E-state index in [9.17, 15) is 9.59 Å². The van der Waals surface area contributed by atoms with E-state index in [2.05, 4.69) is 182 Å². The lowest BCUT2D eigenvalue weighted by molar-refractivity contribution is -0.133. The smallest absolute Gasteiger partial charge is 0.313 e. The molecule has 0 spiro atoms. The minimum Gasteiger partial charge on any atom is -0.481 e. The second kappa shape index (κ2) is 19.2. The number of carboxylic acids is 1. The molecule has 0 fully saturated rings. The molecule has 1 aliphatic rings. The maximum Gasteiger partial charge on any atom is 0.313 e. The van der Waals surface area contributed by atoms with Crippen molar-refractivity contribution in [2.24, 2.45) is 4.99 Å². The molecule has 0 aromatic heterocycles. The van der Waals surface area contributed by atoms with Gasteiger partial charge in [-0.2, -0.15) is 0 Å². The summed E-state index contributed by atoms with van der Waals surface area (Å²) in [6, 6.07) is 61.6. The van der Waals surface area contributed by atoms with Gasteiger partial charge in [-0.3, -0.25) is 9.59 Å². The van der Waals surface area contributed by atoms with Gasteiger partial charge in [-0.15, -0.1) is 0 Å². The molecule has 8 rings (SSSR count). The average Bonchev–Trinajstić information content (AvgIpc) is 3.65. The summed E-state index contributed by atoms with van der Waals surface area (Å²) in [5.74, 6) is -1.10. The van der Waals surface area contributed by atoms with Crippen molar-refractivity contribution in [1.29, 1.82) is 0 Å². The van der Waals surface area contributed by atoms with Crippen molar-refractivity contribution in [1.82, 2.24) is 0 Å². The number of aryl methyl sites for hydroxylation is 3. The summed E-state index contributed by atoms with van der Waals surface area (Å²) in [7, 11) is 0. The highest BCUT2D eigenvalue weighted by Crippen LogP contribution is 2.38. The predicted molar refractivity (Wildman–Crippen MR) is 263 cm³/mol. The van der Waals surface area contributed by atoms with Crippen molar-refractivity contribution in [3.05, 3.63) is 237 Å². The van der Waals surface area contributed by atoms with Gasteiger partial charge < -0.3 is 10.0 Å². The van der Waals surface area contributed by atoms with Crippen LogP contribution in [0.4, 0.5) is 17.1 Å². The van der Waals surface area contributed by atoms with Gasteiger partial charge in [0, 0.05) is 17.1 Å². The third kappa shape index (κ3) is 10.1. The highest BCUT2D eigenvalue weighted by molar-refractivity contribution is 8.45. The van der Waals surface area contributed by atoms with Gasteiger partial charge in [0.1, 0.15) is 10.1 Å². The zero-order valence-electron chi connectivity index (χ0n) is 34.7. The largest absolute Gasteiger partial charge is 0.481 e. The van der Waals surface area contributed by atoms with Crippen LogP contribution in [0.1, 0.15) is 55.6 Å². The quantitative estimate of drug-likeness (QED) is 0.0976. The molecule has 0 saturated carbocycles. The highest BCUT2D eigenvalue weighted by atomic mass is 32.2. The SMILES string of the molecule is Cc1cccc(/C(=C/c2ccc(N(c3ccc(/C=C4\N=C(SCC(=O)O)SC4=O)cc3)c3ccc(/C=C(\c4ccccc4)c4ccc(C)c(C)c4)cc3)cc2)c2ccccc2)c1. The molecule has 7 aromatic carbocycles. The number of hydrogen-bond acceptors (Lipinski definition) is 6. The van der Waals surface area contributed by atoms with Gasteiger partial charge in [0.25, 0.3) is 0 Å². The molecule has 1 heterocycles. The van der Waals surface area contributed by atoms with E-state index in [1.54, 1.807) is 6.08 Å². The topological polar surface area (TPSA) is 70.0 Å². The van der Waals surface area contributed by atoms with Crippen molar-refractivity contribution in [2.45, 2.75) is 20.8 Å². The second-order valence-corrected chi connectivity index (χ2v) is 17.3. The molecular weight excluding hydrogens is 801 g/mol. The van der Waals surface area contributed by atoms with Gasteiger partial charge in [-0.05, 0) is 148 Å². The van der Waals surface area contributed by atoms with Gasteiger partial charge in [0.15, 0.2) is 0 Å². The molecule has 0 atom stereocenters. The first-order chi connectivity index (χ1) is 30.2. The summed E-state index contributed by atoms with van der Waals surface area (Å²) in [5.41, 5.74) is 16.9. The molecule has 0 amide bonds. The zero-order valence-corrected chi connectivity index (χ0v) is 36.3. The monoisotopic (exact) mass is 844 g/mol. The van der Waals surface area contributed by atoms with E-state index in [0.29, 0.717) is 10.1 Å². The molecule has 304 valence electrons. The highest BCUT2D eigenvalue weighted by Gasteiger charge is 2.23. The van der Waals surface area contributed by atoms with E-state index < -0.39 is 5.97 Å². The molecule has 7 heteroatoms. The van der Waals surface area contributed by atoms with Crippen LogP contribution in [-0.4, -0.2) is 26.3 Å². The second-order valence-electron chi connectivity index (χ2n) is 15.1. The molecule has 7 aromatic rings. The van der Waals surface area contributed by atoms with Gasteiger partial charge >= 0.3 is 5.97 Å². The van der Waals surface area contributed by atoms with E-state index >= 15 is 0 Å². The fraction of sp³-hybridized carbons (Fsp3) is 0.0727. The Balaban J connectivity index is 1.16. The number of aliphatic carboxylic acids is 1. The van der Waals surface area contributed by atoms with Crippen LogP contribution in [-0.2, 0) is 9.59 Å². The number of aliphatic imine (C=N–C) groups is 1. The Morgan fingerprint density at radius 2 is 1.08 bits per heavy atom. The summed E-state index contributed by atoms with van der Waals surface area (Å²) < 4.78 is 0.447. The normalized spacial score (nSPS) is 13.6. The number of carbonyl (C=O) groups excluding carboxylic acids is 1. The van der Waals surface area contributed by atoms with E-state index in [0.717, 1.165) is 85.1 Å². The van der Waals surface area contributed by atoms with Gasteiger partial charge in [-0.25, -0.2) is 4.99 Å². The lowest BCUT2D eigenvalue weighted by atomic mass is 9.93. The Labute approximate surface area is 371 Å². The van der Waals surface area contributed by atoms with Crippen LogP contribution in [0.2, 0.25) is 0 Å². The summed E-state index contributed by atoms with van der Waals surface area (Å²) in [4.78, 5) is 30.4. The van der Waals surface area contributed by atoms with Crippen LogP contribution in [0.15, 0.2) is 187 Å². The molecule has 62 heavy (non-hydrogen) atoms. The fourth-order valence-electron chi connectivity index (χ4n) is 7.30. The minimum atomic E-state index is -0.950. The number of rotatable bonds is 12. The third-order valence-corrected chi connectivity index (χ3v) is 12.6. The number of anilines is 3. The maximum atomic E-state index is 12.7. The van der Waals surface area contributed by atoms with E-state index in [-0.39, 0.29) is 10.9 Å². The van der Waals surface area contributed by atoms with Crippen molar-refractivity contribution in [3.8, 4) is 0 Å². The van der Waals surface area contributed by atoms with Crippen molar-refractivity contribution < 1.29 is 14.7 Å². The first-order valence-corrected chi connectivity index (χ1v) is 22.1. The maximum absolute atomic E-state index is 12.7. The molecule has 1 N–H and O–H groups in total. The first kappa shape index (κ1) is 41.8. The summed E-state index contributed by atoms with van der Waals surface area (Å²) in [6.07, 6.45) is 6.25. The average molecular weight is 845 g/mol. The summed E-state index contributed by atoms with van der Waals surface area (Å²) in [5, 5.41) is 8.88. The molecule has 1 aliphatic heterocycles. The summed E-state index contributed by atoms with van der Waals surface area (Å²) >= 11 is 2.02. The molecule has 0 aliphatic carbocycles. The number of thioether (sulfide) groups is 2. The number of benzene rings is 7. The van der Waals surface area contributed by atoms with E-state index in [1.807, 2.05) is 36.4 Å². The molecule has 0 unspecified atom stereocenters. The van der Waals surface area contributed by atoms with Crippen LogP contribution in [0.3, 0.4) is 0 Å². The number of hydrogen-bond donors (Lipinski definition) is 1. The minimum absolute atomic E-state index is 0.146. The third-order valence-electron chi connectivity index (χ3n) is 10.6. The Kier molecular flexibility index (Phi) is 12.9. The molecule has 0 radical (unpaired) electrons. The van der Waals surface area contributed by atoms with E-state index in [4.69, 9.17) is 5.11 Å². The van der Waals surface area contributed by atoms with Crippen LogP contribution in [0.25, 0.3) is 29.4 Å². The molecule has 0 bridgehead atoms. The van der Waals surface area contributed by atoms with Gasteiger partial charge in [0.2, 0.25) is 5.12 Å².